The molecule has 3 fully saturated rings. The third kappa shape index (κ3) is 3.95. The Balaban J connectivity index is 1.25. The molecule has 5 nitrogen and oxygen atoms in total. The highest BCUT2D eigenvalue weighted by atomic mass is 32.2. The Kier molecular flexibility index (Phi) is 5.89. The molecule has 2 aliphatic heterocycles. The summed E-state index contributed by atoms with van der Waals surface area (Å²) in [4.78, 5) is 16.0. The average Bonchev–Trinajstić information content (AvgIpc) is 3.14. The summed E-state index contributed by atoms with van der Waals surface area (Å²) in [6.07, 6.45) is 11.7. The van der Waals surface area contributed by atoms with Gasteiger partial charge in [-0.25, -0.2) is 8.42 Å². The molecule has 5 rings (SSSR count). The fraction of sp³-hybridized carbons (Fsp3) is 0.720. The highest BCUT2D eigenvalue weighted by Gasteiger charge is 2.45. The summed E-state index contributed by atoms with van der Waals surface area (Å²) < 4.78 is 28.2. The first-order valence-corrected chi connectivity index (χ1v) is 13.8. The van der Waals surface area contributed by atoms with Gasteiger partial charge < -0.3 is 4.90 Å². The molecule has 1 aromatic carbocycles. The van der Waals surface area contributed by atoms with Crippen LogP contribution in [0.4, 0.5) is 0 Å². The third-order valence-corrected chi connectivity index (χ3v) is 10.3. The molecule has 3 atom stereocenters. The minimum Gasteiger partial charge on any atom is -0.336 e. The van der Waals surface area contributed by atoms with E-state index < -0.39 is 10.0 Å². The third-order valence-electron chi connectivity index (χ3n) is 8.36. The number of likely N-dealkylation sites (tertiary alicyclic amines) is 1. The van der Waals surface area contributed by atoms with Crippen molar-refractivity contribution >= 4 is 15.9 Å². The van der Waals surface area contributed by atoms with Crippen LogP contribution in [-0.2, 0) is 27.7 Å². The average molecular weight is 445 g/mol. The van der Waals surface area contributed by atoms with E-state index in [0.717, 1.165) is 32.1 Å². The molecular weight excluding hydrogens is 408 g/mol. The zero-order chi connectivity index (χ0) is 21.6. The van der Waals surface area contributed by atoms with Crippen molar-refractivity contribution in [1.82, 2.24) is 9.21 Å². The first-order chi connectivity index (χ1) is 14.9. The molecular formula is C25H36N2O3S. The van der Waals surface area contributed by atoms with Crippen LogP contribution in [0.25, 0.3) is 0 Å². The van der Waals surface area contributed by atoms with Crippen LogP contribution in [-0.4, -0.2) is 48.7 Å². The van der Waals surface area contributed by atoms with Gasteiger partial charge in [0.05, 0.1) is 4.90 Å². The molecule has 2 saturated heterocycles. The van der Waals surface area contributed by atoms with Crippen molar-refractivity contribution in [2.24, 2.45) is 11.8 Å². The highest BCUT2D eigenvalue weighted by molar-refractivity contribution is 7.89. The Morgan fingerprint density at radius 1 is 0.935 bits per heavy atom. The van der Waals surface area contributed by atoms with Crippen LogP contribution in [0.1, 0.15) is 75.8 Å². The molecule has 0 N–H and O–H groups in total. The van der Waals surface area contributed by atoms with Crippen molar-refractivity contribution in [2.75, 3.05) is 13.1 Å². The highest BCUT2D eigenvalue weighted by Crippen LogP contribution is 2.41. The number of sulfonamides is 1. The van der Waals surface area contributed by atoms with Crippen LogP contribution >= 0.6 is 0 Å². The minimum atomic E-state index is -3.49. The number of nitrogens with zero attached hydrogens (tertiary/aromatic N) is 2. The predicted octanol–water partition coefficient (Wildman–Crippen LogP) is 4.15. The van der Waals surface area contributed by atoms with Crippen LogP contribution < -0.4 is 0 Å². The van der Waals surface area contributed by atoms with E-state index in [1.165, 1.54) is 36.8 Å². The molecule has 0 spiro atoms. The number of benzene rings is 1. The normalized spacial score (nSPS) is 30.1. The first-order valence-electron chi connectivity index (χ1n) is 12.4. The monoisotopic (exact) mass is 444 g/mol. The van der Waals surface area contributed by atoms with Gasteiger partial charge >= 0.3 is 0 Å². The molecule has 1 saturated carbocycles. The van der Waals surface area contributed by atoms with Crippen LogP contribution in [0.2, 0.25) is 0 Å². The van der Waals surface area contributed by atoms with Crippen molar-refractivity contribution < 1.29 is 13.2 Å². The second-order valence-electron chi connectivity index (χ2n) is 10.3. The fourth-order valence-electron chi connectivity index (χ4n) is 6.66. The molecule has 0 radical (unpaired) electrons. The standard InChI is InChI=1S/C25H36N2O3S/c1-18-16-22-8-4-5-9-24(22)27(18)25(28)20-12-14-26(15-13-20)31(29,30)23-11-10-19-6-2-3-7-21(19)17-23/h10-11,17-18,20,22,24H,2-9,12-16H2,1H3. The van der Waals surface area contributed by atoms with Gasteiger partial charge in [0.15, 0.2) is 0 Å². The summed E-state index contributed by atoms with van der Waals surface area (Å²) in [6, 6.07) is 6.45. The van der Waals surface area contributed by atoms with Crippen molar-refractivity contribution in [3.05, 3.63) is 29.3 Å². The number of amides is 1. The van der Waals surface area contributed by atoms with Gasteiger partial charge in [0.1, 0.15) is 0 Å². The number of hydrogen-bond acceptors (Lipinski definition) is 3. The first kappa shape index (κ1) is 21.4. The van der Waals surface area contributed by atoms with E-state index in [1.807, 2.05) is 12.1 Å². The molecule has 3 unspecified atom stereocenters. The van der Waals surface area contributed by atoms with Gasteiger partial charge in [0.25, 0.3) is 0 Å². The zero-order valence-electron chi connectivity index (χ0n) is 18.8. The van der Waals surface area contributed by atoms with Gasteiger partial charge in [-0.05, 0) is 93.9 Å². The van der Waals surface area contributed by atoms with Crippen molar-refractivity contribution in [3.8, 4) is 0 Å². The lowest BCUT2D eigenvalue weighted by atomic mass is 9.84. The molecule has 170 valence electrons. The van der Waals surface area contributed by atoms with Gasteiger partial charge in [-0.2, -0.15) is 4.31 Å². The topological polar surface area (TPSA) is 57.7 Å². The SMILES string of the molecule is CC1CC2CCCCC2N1C(=O)C1CCN(S(=O)(=O)c2ccc3c(c2)CCCC3)CC1. The van der Waals surface area contributed by atoms with Crippen LogP contribution in [0.15, 0.2) is 23.1 Å². The van der Waals surface area contributed by atoms with Gasteiger partial charge in [0.2, 0.25) is 15.9 Å². The van der Waals surface area contributed by atoms with E-state index in [1.54, 1.807) is 10.4 Å². The molecule has 1 amide bonds. The number of carbonyl (C=O) groups excluding carboxylic acids is 1. The zero-order valence-corrected chi connectivity index (χ0v) is 19.6. The van der Waals surface area contributed by atoms with Gasteiger partial charge in [0, 0.05) is 31.1 Å². The van der Waals surface area contributed by atoms with E-state index in [9.17, 15) is 13.2 Å². The number of hydrogen-bond donors (Lipinski definition) is 0. The van der Waals surface area contributed by atoms with Crippen LogP contribution in [0.3, 0.4) is 0 Å². The van der Waals surface area contributed by atoms with E-state index in [0.29, 0.717) is 48.8 Å². The minimum absolute atomic E-state index is 0.0295. The van der Waals surface area contributed by atoms with Crippen molar-refractivity contribution in [1.29, 1.82) is 0 Å². The summed E-state index contributed by atoms with van der Waals surface area (Å²) in [6.45, 7) is 3.10. The van der Waals surface area contributed by atoms with E-state index in [2.05, 4.69) is 11.8 Å². The maximum atomic E-state index is 13.4. The lowest BCUT2D eigenvalue weighted by Gasteiger charge is -2.38. The quantitative estimate of drug-likeness (QED) is 0.704. The maximum Gasteiger partial charge on any atom is 0.243 e. The molecule has 2 heterocycles. The Morgan fingerprint density at radius 3 is 2.42 bits per heavy atom. The number of carbonyl (C=O) groups is 1. The smallest absolute Gasteiger partial charge is 0.243 e. The molecule has 4 aliphatic rings. The molecule has 6 heteroatoms. The summed E-state index contributed by atoms with van der Waals surface area (Å²) >= 11 is 0. The molecule has 1 aromatic rings. The number of rotatable bonds is 3. The number of aryl methyl sites for hydroxylation is 2. The van der Waals surface area contributed by atoms with E-state index in [4.69, 9.17) is 0 Å². The largest absolute Gasteiger partial charge is 0.336 e. The molecule has 0 bridgehead atoms. The van der Waals surface area contributed by atoms with Crippen LogP contribution in [0.5, 0.6) is 0 Å². The van der Waals surface area contributed by atoms with Gasteiger partial charge in [-0.15, -0.1) is 0 Å². The van der Waals surface area contributed by atoms with Gasteiger partial charge in [-0.1, -0.05) is 18.9 Å². The fourth-order valence-corrected chi connectivity index (χ4v) is 8.18. The Morgan fingerprint density at radius 2 is 1.65 bits per heavy atom. The Labute approximate surface area is 187 Å². The van der Waals surface area contributed by atoms with Crippen LogP contribution in [0, 0.1) is 11.8 Å². The van der Waals surface area contributed by atoms with Crippen molar-refractivity contribution in [3.63, 3.8) is 0 Å². The second kappa shape index (κ2) is 8.51. The summed E-state index contributed by atoms with van der Waals surface area (Å²) in [5.41, 5.74) is 2.50. The lowest BCUT2D eigenvalue weighted by molar-refractivity contribution is -0.140. The van der Waals surface area contributed by atoms with Crippen molar-refractivity contribution in [2.45, 2.75) is 94.5 Å². The lowest BCUT2D eigenvalue weighted by Crippen LogP contribution is -2.48. The predicted molar refractivity (Wildman–Crippen MR) is 121 cm³/mol. The molecule has 0 aromatic heterocycles. The Bertz CT molecular complexity index is 936. The van der Waals surface area contributed by atoms with E-state index in [-0.39, 0.29) is 11.8 Å². The summed E-state index contributed by atoms with van der Waals surface area (Å²) in [7, 11) is -3.49. The molecule has 31 heavy (non-hydrogen) atoms. The van der Waals surface area contributed by atoms with Gasteiger partial charge in [-0.3, -0.25) is 4.79 Å². The number of piperidine rings is 1. The summed E-state index contributed by atoms with van der Waals surface area (Å²) in [5.74, 6) is 0.933. The second-order valence-corrected chi connectivity index (χ2v) is 12.2. The maximum absolute atomic E-state index is 13.4. The molecule has 2 aliphatic carbocycles. The van der Waals surface area contributed by atoms with E-state index >= 15 is 0 Å². The summed E-state index contributed by atoms with van der Waals surface area (Å²) in [5, 5.41) is 0. The Hall–Kier alpha value is -1.40. The number of fused-ring (bicyclic) bond motifs is 2.